The number of nitrogen functional groups attached to an aromatic ring is 1. The monoisotopic (exact) mass is 259 g/mol. The molecule has 1 heterocycles. The largest absolute Gasteiger partial charge is 0.398 e. The van der Waals surface area contributed by atoms with Gasteiger partial charge in [0.15, 0.2) is 5.82 Å². The maximum absolute atomic E-state index is 6.02. The number of anilines is 1. The number of tetrazole rings is 1. The van der Waals surface area contributed by atoms with Crippen LogP contribution in [0.1, 0.15) is 38.2 Å². The van der Waals surface area contributed by atoms with Crippen LogP contribution in [0.25, 0.3) is 11.4 Å². The molecule has 0 amide bonds. The molecule has 19 heavy (non-hydrogen) atoms. The van der Waals surface area contributed by atoms with Crippen molar-refractivity contribution in [1.29, 1.82) is 0 Å². The SMILES string of the molecule is CCCCCCn1nnnc1-c1cc(C)ccc1N. The van der Waals surface area contributed by atoms with Crippen LogP contribution in [-0.4, -0.2) is 20.2 Å². The van der Waals surface area contributed by atoms with Crippen molar-refractivity contribution in [2.45, 2.75) is 46.1 Å². The first kappa shape index (κ1) is 13.5. The molecule has 0 radical (unpaired) electrons. The van der Waals surface area contributed by atoms with Crippen LogP contribution in [0.15, 0.2) is 18.2 Å². The number of nitrogens with two attached hydrogens (primary N) is 1. The summed E-state index contributed by atoms with van der Waals surface area (Å²) in [5.41, 5.74) is 8.81. The van der Waals surface area contributed by atoms with Crippen LogP contribution in [0.3, 0.4) is 0 Å². The van der Waals surface area contributed by atoms with Crippen LogP contribution in [-0.2, 0) is 6.54 Å². The molecule has 2 aromatic rings. The molecule has 0 aliphatic rings. The average Bonchev–Trinajstić information content (AvgIpc) is 2.86. The van der Waals surface area contributed by atoms with Crippen LogP contribution in [0.5, 0.6) is 0 Å². The molecule has 0 bridgehead atoms. The summed E-state index contributed by atoms with van der Waals surface area (Å²) < 4.78 is 1.85. The second-order valence-electron chi connectivity index (χ2n) is 4.88. The summed E-state index contributed by atoms with van der Waals surface area (Å²) in [6.07, 6.45) is 4.79. The molecule has 0 unspecified atom stereocenters. The Balaban J connectivity index is 2.16. The first-order chi connectivity index (χ1) is 9.22. The first-order valence-corrected chi connectivity index (χ1v) is 6.85. The van der Waals surface area contributed by atoms with Crippen molar-refractivity contribution < 1.29 is 0 Å². The third kappa shape index (κ3) is 3.30. The van der Waals surface area contributed by atoms with Gasteiger partial charge in [0.05, 0.1) is 0 Å². The van der Waals surface area contributed by atoms with Gasteiger partial charge < -0.3 is 5.73 Å². The van der Waals surface area contributed by atoms with Crippen LogP contribution in [0.4, 0.5) is 5.69 Å². The minimum Gasteiger partial charge on any atom is -0.398 e. The molecule has 2 N–H and O–H groups in total. The van der Waals surface area contributed by atoms with Gasteiger partial charge in [-0.25, -0.2) is 4.68 Å². The standard InChI is InChI=1S/C14H21N5/c1-3-4-5-6-9-19-14(16-17-18-19)12-10-11(2)7-8-13(12)15/h7-8,10H,3-6,9,15H2,1-2H3. The van der Waals surface area contributed by atoms with E-state index in [9.17, 15) is 0 Å². The Hall–Kier alpha value is -1.91. The van der Waals surface area contributed by atoms with E-state index in [4.69, 9.17) is 5.73 Å². The van der Waals surface area contributed by atoms with Gasteiger partial charge in [0.2, 0.25) is 0 Å². The zero-order chi connectivity index (χ0) is 13.7. The molecule has 5 heteroatoms. The molecule has 0 atom stereocenters. The van der Waals surface area contributed by atoms with Crippen molar-refractivity contribution in [3.05, 3.63) is 23.8 Å². The molecule has 1 aromatic carbocycles. The lowest BCUT2D eigenvalue weighted by Gasteiger charge is -2.07. The van der Waals surface area contributed by atoms with Crippen LogP contribution >= 0.6 is 0 Å². The summed E-state index contributed by atoms with van der Waals surface area (Å²) in [5, 5.41) is 11.9. The lowest BCUT2D eigenvalue weighted by molar-refractivity contribution is 0.531. The number of nitrogens with zero attached hydrogens (tertiary/aromatic N) is 4. The zero-order valence-corrected chi connectivity index (χ0v) is 11.6. The number of aryl methyl sites for hydroxylation is 2. The zero-order valence-electron chi connectivity index (χ0n) is 11.6. The predicted octanol–water partition coefficient (Wildman–Crippen LogP) is 2.81. The van der Waals surface area contributed by atoms with Gasteiger partial charge in [-0.2, -0.15) is 0 Å². The first-order valence-electron chi connectivity index (χ1n) is 6.85. The molecular weight excluding hydrogens is 238 g/mol. The highest BCUT2D eigenvalue weighted by Crippen LogP contribution is 2.24. The lowest BCUT2D eigenvalue weighted by Crippen LogP contribution is -2.04. The second-order valence-corrected chi connectivity index (χ2v) is 4.88. The number of hydrogen-bond donors (Lipinski definition) is 1. The smallest absolute Gasteiger partial charge is 0.184 e. The topological polar surface area (TPSA) is 69.6 Å². The molecule has 102 valence electrons. The molecule has 0 fully saturated rings. The Morgan fingerprint density at radius 2 is 2.05 bits per heavy atom. The number of rotatable bonds is 6. The van der Waals surface area contributed by atoms with Gasteiger partial charge >= 0.3 is 0 Å². The van der Waals surface area contributed by atoms with Gasteiger partial charge in [-0.15, -0.1) is 5.10 Å². The summed E-state index contributed by atoms with van der Waals surface area (Å²) in [5.74, 6) is 0.762. The fourth-order valence-electron chi connectivity index (χ4n) is 2.10. The van der Waals surface area contributed by atoms with Crippen molar-refractivity contribution in [2.24, 2.45) is 0 Å². The van der Waals surface area contributed by atoms with Crippen molar-refractivity contribution >= 4 is 5.69 Å². The minimum absolute atomic E-state index is 0.718. The van der Waals surface area contributed by atoms with E-state index < -0.39 is 0 Å². The molecule has 0 spiro atoms. The molecule has 1 aromatic heterocycles. The van der Waals surface area contributed by atoms with Crippen molar-refractivity contribution in [1.82, 2.24) is 20.2 Å². The number of unbranched alkanes of at least 4 members (excludes halogenated alkanes) is 3. The molecule has 0 aliphatic heterocycles. The minimum atomic E-state index is 0.718. The van der Waals surface area contributed by atoms with E-state index in [0.717, 1.165) is 35.6 Å². The Bertz CT molecular complexity index is 532. The van der Waals surface area contributed by atoms with Crippen LogP contribution in [0, 0.1) is 6.92 Å². The maximum atomic E-state index is 6.02. The van der Waals surface area contributed by atoms with E-state index in [1.807, 2.05) is 29.8 Å². The van der Waals surface area contributed by atoms with E-state index in [-0.39, 0.29) is 0 Å². The van der Waals surface area contributed by atoms with Crippen molar-refractivity contribution in [3.8, 4) is 11.4 Å². The normalized spacial score (nSPS) is 10.8. The van der Waals surface area contributed by atoms with E-state index in [0.29, 0.717) is 0 Å². The Labute approximate surface area is 113 Å². The van der Waals surface area contributed by atoms with Gasteiger partial charge in [-0.05, 0) is 35.9 Å². The maximum Gasteiger partial charge on any atom is 0.184 e. The highest BCUT2D eigenvalue weighted by molar-refractivity contribution is 5.71. The number of benzene rings is 1. The average molecular weight is 259 g/mol. The molecule has 0 aliphatic carbocycles. The third-order valence-electron chi connectivity index (χ3n) is 3.21. The molecule has 5 nitrogen and oxygen atoms in total. The summed E-state index contributed by atoms with van der Waals surface area (Å²) in [6.45, 7) is 5.09. The quantitative estimate of drug-likeness (QED) is 0.639. The Kier molecular flexibility index (Phi) is 4.49. The van der Waals surface area contributed by atoms with E-state index in [1.165, 1.54) is 19.3 Å². The second kappa shape index (κ2) is 6.31. The molecule has 0 saturated carbocycles. The highest BCUT2D eigenvalue weighted by Gasteiger charge is 2.11. The van der Waals surface area contributed by atoms with Gasteiger partial charge in [-0.1, -0.05) is 37.8 Å². The van der Waals surface area contributed by atoms with E-state index >= 15 is 0 Å². The summed E-state index contributed by atoms with van der Waals surface area (Å²) in [7, 11) is 0. The Morgan fingerprint density at radius 1 is 1.21 bits per heavy atom. The van der Waals surface area contributed by atoms with E-state index in [1.54, 1.807) is 0 Å². The fraction of sp³-hybridized carbons (Fsp3) is 0.500. The van der Waals surface area contributed by atoms with Gasteiger partial charge in [0, 0.05) is 17.8 Å². The van der Waals surface area contributed by atoms with Crippen LogP contribution in [0.2, 0.25) is 0 Å². The molecular formula is C14H21N5. The van der Waals surface area contributed by atoms with Crippen molar-refractivity contribution in [3.63, 3.8) is 0 Å². The van der Waals surface area contributed by atoms with E-state index in [2.05, 4.69) is 22.4 Å². The molecule has 0 saturated heterocycles. The lowest BCUT2D eigenvalue weighted by atomic mass is 10.1. The predicted molar refractivity (Wildman–Crippen MR) is 76.5 cm³/mol. The van der Waals surface area contributed by atoms with Crippen LogP contribution < -0.4 is 5.73 Å². The summed E-state index contributed by atoms with van der Waals surface area (Å²) in [4.78, 5) is 0. The number of aromatic nitrogens is 4. The van der Waals surface area contributed by atoms with Gasteiger partial charge in [-0.3, -0.25) is 0 Å². The third-order valence-corrected chi connectivity index (χ3v) is 3.21. The van der Waals surface area contributed by atoms with Gasteiger partial charge in [0.25, 0.3) is 0 Å². The Morgan fingerprint density at radius 3 is 2.84 bits per heavy atom. The van der Waals surface area contributed by atoms with Crippen molar-refractivity contribution in [2.75, 3.05) is 5.73 Å². The summed E-state index contributed by atoms with van der Waals surface area (Å²) >= 11 is 0. The highest BCUT2D eigenvalue weighted by atomic mass is 15.5. The van der Waals surface area contributed by atoms with Gasteiger partial charge in [0.1, 0.15) is 0 Å². The number of hydrogen-bond acceptors (Lipinski definition) is 4. The summed E-state index contributed by atoms with van der Waals surface area (Å²) in [6, 6.07) is 5.93. The fourth-order valence-corrected chi connectivity index (χ4v) is 2.10. The molecule has 2 rings (SSSR count).